The van der Waals surface area contributed by atoms with Gasteiger partial charge in [-0.1, -0.05) is 30.3 Å². The van der Waals surface area contributed by atoms with Crippen molar-refractivity contribution in [3.05, 3.63) is 35.9 Å². The SMILES string of the molecule is CC(NCC(CO)c1ccccc1)C1CC1. The van der Waals surface area contributed by atoms with Crippen LogP contribution in [0.4, 0.5) is 0 Å². The first-order chi connectivity index (χ1) is 7.81. The molecule has 1 saturated carbocycles. The molecule has 1 aromatic rings. The fraction of sp³-hybridized carbons (Fsp3) is 0.571. The smallest absolute Gasteiger partial charge is 0.0511 e. The van der Waals surface area contributed by atoms with Gasteiger partial charge in [-0.25, -0.2) is 0 Å². The van der Waals surface area contributed by atoms with Crippen molar-refractivity contribution in [3.63, 3.8) is 0 Å². The van der Waals surface area contributed by atoms with E-state index in [9.17, 15) is 5.11 Å². The molecule has 16 heavy (non-hydrogen) atoms. The first-order valence-corrected chi connectivity index (χ1v) is 6.20. The summed E-state index contributed by atoms with van der Waals surface area (Å²) in [5, 5.41) is 12.9. The molecule has 2 rings (SSSR count). The van der Waals surface area contributed by atoms with Gasteiger partial charge in [0.1, 0.15) is 0 Å². The summed E-state index contributed by atoms with van der Waals surface area (Å²) >= 11 is 0. The number of aliphatic hydroxyl groups excluding tert-OH is 1. The van der Waals surface area contributed by atoms with Crippen molar-refractivity contribution in [1.29, 1.82) is 0 Å². The molecule has 0 spiro atoms. The molecule has 1 aliphatic rings. The molecular weight excluding hydrogens is 198 g/mol. The zero-order chi connectivity index (χ0) is 11.4. The first kappa shape index (κ1) is 11.6. The maximum Gasteiger partial charge on any atom is 0.0511 e. The largest absolute Gasteiger partial charge is 0.396 e. The maximum absolute atomic E-state index is 9.41. The molecule has 1 aromatic carbocycles. The number of aliphatic hydroxyl groups is 1. The van der Waals surface area contributed by atoms with Crippen LogP contribution in [0, 0.1) is 5.92 Å². The van der Waals surface area contributed by atoms with Crippen LogP contribution >= 0.6 is 0 Å². The summed E-state index contributed by atoms with van der Waals surface area (Å²) < 4.78 is 0. The van der Waals surface area contributed by atoms with Crippen LogP contribution in [0.2, 0.25) is 0 Å². The van der Waals surface area contributed by atoms with Gasteiger partial charge in [0.25, 0.3) is 0 Å². The average molecular weight is 219 g/mol. The van der Waals surface area contributed by atoms with Crippen molar-refractivity contribution in [1.82, 2.24) is 5.32 Å². The zero-order valence-electron chi connectivity index (χ0n) is 9.89. The third-order valence-corrected chi connectivity index (χ3v) is 3.51. The van der Waals surface area contributed by atoms with E-state index in [2.05, 4.69) is 24.4 Å². The van der Waals surface area contributed by atoms with E-state index in [-0.39, 0.29) is 12.5 Å². The van der Waals surface area contributed by atoms with Crippen LogP contribution < -0.4 is 5.32 Å². The Kier molecular flexibility index (Phi) is 3.97. The number of benzene rings is 1. The molecule has 1 fully saturated rings. The second kappa shape index (κ2) is 5.46. The lowest BCUT2D eigenvalue weighted by Crippen LogP contribution is -2.32. The second-order valence-electron chi connectivity index (χ2n) is 4.82. The number of hydrogen-bond acceptors (Lipinski definition) is 2. The van der Waals surface area contributed by atoms with E-state index in [1.165, 1.54) is 18.4 Å². The Labute approximate surface area is 97.7 Å². The standard InChI is InChI=1S/C14H21NO/c1-11(12-7-8-12)15-9-14(10-16)13-5-3-2-4-6-13/h2-6,11-12,14-16H,7-10H2,1H3. The highest BCUT2D eigenvalue weighted by Gasteiger charge is 2.27. The average Bonchev–Trinajstić information content (AvgIpc) is 3.15. The number of rotatable bonds is 6. The van der Waals surface area contributed by atoms with Crippen LogP contribution in [0.25, 0.3) is 0 Å². The number of nitrogens with one attached hydrogen (secondary N) is 1. The van der Waals surface area contributed by atoms with Crippen LogP contribution in [-0.2, 0) is 0 Å². The Morgan fingerprint density at radius 2 is 2.00 bits per heavy atom. The molecule has 2 nitrogen and oxygen atoms in total. The third-order valence-electron chi connectivity index (χ3n) is 3.51. The van der Waals surface area contributed by atoms with Crippen LogP contribution in [0.5, 0.6) is 0 Å². The van der Waals surface area contributed by atoms with Gasteiger partial charge < -0.3 is 10.4 Å². The summed E-state index contributed by atoms with van der Waals surface area (Å²) in [5.41, 5.74) is 1.22. The minimum absolute atomic E-state index is 0.217. The Balaban J connectivity index is 1.85. The summed E-state index contributed by atoms with van der Waals surface area (Å²) in [5.74, 6) is 1.09. The molecule has 0 aromatic heterocycles. The van der Waals surface area contributed by atoms with E-state index in [0.29, 0.717) is 6.04 Å². The van der Waals surface area contributed by atoms with Crippen LogP contribution in [0.15, 0.2) is 30.3 Å². The molecule has 88 valence electrons. The Hall–Kier alpha value is -0.860. The maximum atomic E-state index is 9.41. The van der Waals surface area contributed by atoms with Crippen molar-refractivity contribution in [3.8, 4) is 0 Å². The predicted octanol–water partition coefficient (Wildman–Crippen LogP) is 2.15. The third kappa shape index (κ3) is 3.06. The highest BCUT2D eigenvalue weighted by Crippen LogP contribution is 2.32. The topological polar surface area (TPSA) is 32.3 Å². The summed E-state index contributed by atoms with van der Waals surface area (Å²) in [6, 6.07) is 10.8. The minimum atomic E-state index is 0.217. The Bertz CT molecular complexity index is 308. The molecule has 2 atom stereocenters. The molecule has 1 aliphatic carbocycles. The lowest BCUT2D eigenvalue weighted by atomic mass is 9.99. The lowest BCUT2D eigenvalue weighted by molar-refractivity contribution is 0.257. The van der Waals surface area contributed by atoms with E-state index in [1.54, 1.807) is 0 Å². The van der Waals surface area contributed by atoms with Gasteiger partial charge in [0, 0.05) is 18.5 Å². The van der Waals surface area contributed by atoms with Crippen LogP contribution in [-0.4, -0.2) is 24.3 Å². The van der Waals surface area contributed by atoms with Gasteiger partial charge in [-0.15, -0.1) is 0 Å². The summed E-state index contributed by atoms with van der Waals surface area (Å²) in [7, 11) is 0. The molecule has 0 saturated heterocycles. The van der Waals surface area contributed by atoms with Crippen molar-refractivity contribution in [2.75, 3.05) is 13.2 Å². The van der Waals surface area contributed by atoms with Gasteiger partial charge in [0.05, 0.1) is 6.61 Å². The van der Waals surface area contributed by atoms with E-state index in [0.717, 1.165) is 12.5 Å². The van der Waals surface area contributed by atoms with E-state index in [1.807, 2.05) is 18.2 Å². The van der Waals surface area contributed by atoms with Crippen LogP contribution in [0.3, 0.4) is 0 Å². The van der Waals surface area contributed by atoms with Gasteiger partial charge in [-0.05, 0) is 31.2 Å². The quantitative estimate of drug-likeness (QED) is 0.768. The van der Waals surface area contributed by atoms with Crippen molar-refractivity contribution in [2.45, 2.75) is 31.7 Å². The van der Waals surface area contributed by atoms with Gasteiger partial charge in [-0.3, -0.25) is 0 Å². The Morgan fingerprint density at radius 3 is 2.56 bits per heavy atom. The van der Waals surface area contributed by atoms with E-state index < -0.39 is 0 Å². The minimum Gasteiger partial charge on any atom is -0.396 e. The molecule has 2 heteroatoms. The molecule has 0 aliphatic heterocycles. The van der Waals surface area contributed by atoms with Gasteiger partial charge in [-0.2, -0.15) is 0 Å². The van der Waals surface area contributed by atoms with E-state index >= 15 is 0 Å². The van der Waals surface area contributed by atoms with Crippen molar-refractivity contribution in [2.24, 2.45) is 5.92 Å². The normalized spacial score (nSPS) is 19.4. The monoisotopic (exact) mass is 219 g/mol. The highest BCUT2D eigenvalue weighted by atomic mass is 16.3. The molecule has 0 heterocycles. The molecular formula is C14H21NO. The summed E-state index contributed by atoms with van der Waals surface area (Å²) in [6.07, 6.45) is 2.73. The predicted molar refractivity (Wildman–Crippen MR) is 66.5 cm³/mol. The Morgan fingerprint density at radius 1 is 1.31 bits per heavy atom. The van der Waals surface area contributed by atoms with Gasteiger partial charge >= 0.3 is 0 Å². The first-order valence-electron chi connectivity index (χ1n) is 6.20. The van der Waals surface area contributed by atoms with Crippen molar-refractivity contribution >= 4 is 0 Å². The highest BCUT2D eigenvalue weighted by molar-refractivity contribution is 5.19. The second-order valence-corrected chi connectivity index (χ2v) is 4.82. The molecule has 0 radical (unpaired) electrons. The summed E-state index contributed by atoms with van der Waals surface area (Å²) in [4.78, 5) is 0. The van der Waals surface area contributed by atoms with E-state index in [4.69, 9.17) is 0 Å². The molecule has 2 unspecified atom stereocenters. The van der Waals surface area contributed by atoms with Crippen LogP contribution in [0.1, 0.15) is 31.2 Å². The fourth-order valence-electron chi connectivity index (χ4n) is 2.10. The number of hydrogen-bond donors (Lipinski definition) is 2. The molecule has 0 bridgehead atoms. The summed E-state index contributed by atoms with van der Waals surface area (Å²) in [6.45, 7) is 3.34. The van der Waals surface area contributed by atoms with Crippen molar-refractivity contribution < 1.29 is 5.11 Å². The molecule has 0 amide bonds. The van der Waals surface area contributed by atoms with Gasteiger partial charge in [0.15, 0.2) is 0 Å². The fourth-order valence-corrected chi connectivity index (χ4v) is 2.10. The van der Waals surface area contributed by atoms with Gasteiger partial charge in [0.2, 0.25) is 0 Å². The molecule has 2 N–H and O–H groups in total. The lowest BCUT2D eigenvalue weighted by Gasteiger charge is -2.19. The zero-order valence-corrected chi connectivity index (χ0v) is 9.89.